The van der Waals surface area contributed by atoms with Crippen molar-refractivity contribution in [3.05, 3.63) is 0 Å². The maximum atomic E-state index is 8.88. The predicted molar refractivity (Wildman–Crippen MR) is 21.4 cm³/mol. The summed E-state index contributed by atoms with van der Waals surface area (Å²) in [6, 6.07) is 0. The molecule has 8 heteroatoms. The molecule has 8 heavy (non-hydrogen) atoms. The Kier molecular flexibility index (Phi) is 19.2. The van der Waals surface area contributed by atoms with Crippen LogP contribution in [0.5, 0.6) is 0 Å². The fourth-order valence-corrected chi connectivity index (χ4v) is 0. The Hall–Kier alpha value is 2.21. The van der Waals surface area contributed by atoms with Gasteiger partial charge in [-0.05, 0) is 0 Å². The van der Waals surface area contributed by atoms with Gasteiger partial charge in [-0.1, -0.05) is 0 Å². The van der Waals surface area contributed by atoms with Gasteiger partial charge in [0.1, 0.15) is 0 Å². The average Bonchev–Trinajstić information content (AvgIpc) is 1.36. The summed E-state index contributed by atoms with van der Waals surface area (Å²) in [6.07, 6.45) is 0. The van der Waals surface area contributed by atoms with Crippen molar-refractivity contribution in [1.82, 2.24) is 0 Å². The topological polar surface area (TPSA) is 77.8 Å². The molecule has 0 amide bonds. The molecule has 47 valence electrons. The summed E-state index contributed by atoms with van der Waals surface area (Å²) >= 11 is 5.25. The van der Waals surface area contributed by atoms with Crippen LogP contribution in [-0.4, -0.2) is 44.2 Å². The third kappa shape index (κ3) is 87.2. The Morgan fingerprint density at radius 1 is 1.25 bits per heavy atom. The van der Waals surface area contributed by atoms with Crippen molar-refractivity contribution in [2.24, 2.45) is 0 Å². The van der Waals surface area contributed by atoms with Gasteiger partial charge >= 0.3 is 66.8 Å². The van der Waals surface area contributed by atoms with Crippen molar-refractivity contribution < 1.29 is 48.6 Å². The van der Waals surface area contributed by atoms with Crippen LogP contribution in [0.25, 0.3) is 0 Å². The van der Waals surface area contributed by atoms with E-state index in [2.05, 4.69) is 29.4 Å². The molecule has 0 saturated carbocycles. The van der Waals surface area contributed by atoms with Crippen molar-refractivity contribution in [2.75, 3.05) is 0 Å². The van der Waals surface area contributed by atoms with Gasteiger partial charge in [0.15, 0.2) is 0 Å². The fourth-order valence-electron chi connectivity index (χ4n) is 0. The molecule has 0 aromatic heterocycles. The van der Waals surface area contributed by atoms with Gasteiger partial charge in [-0.3, -0.25) is 0 Å². The number of rotatable bonds is 0. The van der Waals surface area contributed by atoms with E-state index in [0.29, 0.717) is 0 Å². The first-order chi connectivity index (χ1) is 3.00. The van der Waals surface area contributed by atoms with E-state index in [0.717, 1.165) is 0 Å². The summed E-state index contributed by atoms with van der Waals surface area (Å²) in [7, 11) is -4.64. The molecule has 0 spiro atoms. The Labute approximate surface area is 85.1 Å². The average molecular weight is 229 g/mol. The van der Waals surface area contributed by atoms with Crippen LogP contribution in [0.4, 0.5) is 0 Å². The molecule has 0 aliphatic heterocycles. The molecular weight excluding hydrogens is 225 g/mol. The molecule has 0 unspecified atom stereocenters. The molecule has 0 atom stereocenters. The third-order valence-corrected chi connectivity index (χ3v) is 0. The molecule has 0 radical (unpaired) electrons. The molecule has 0 bridgehead atoms. The summed E-state index contributed by atoms with van der Waals surface area (Å²) in [4.78, 5) is 21.6. The van der Waals surface area contributed by atoms with Crippen LogP contribution in [0.2, 0.25) is 0 Å². The zero-order chi connectivity index (χ0) is 6.50. The predicted octanol–water partition coefficient (Wildman–Crippen LogP) is -1.58. The minimum absolute atomic E-state index is 0. The second-order valence-corrected chi connectivity index (χ2v) is 1.54. The maximum absolute atomic E-state index is 8.88. The summed E-state index contributed by atoms with van der Waals surface area (Å²) in [5.41, 5.74) is 0. The number of hydrogen-bond acceptors (Lipinski definition) is 1. The standard InChI is InChI=1S/Fe.Na.H3O4P.V.H/c;;1-5(2,3)4;;/h;;(H3,1,2,3,4);;. The monoisotopic (exact) mass is 229 g/mol. The Morgan fingerprint density at radius 3 is 1.25 bits per heavy atom. The molecule has 0 heterocycles. The molecule has 0 aromatic rings. The van der Waals surface area contributed by atoms with E-state index in [9.17, 15) is 0 Å². The van der Waals surface area contributed by atoms with E-state index in [1.54, 1.807) is 0 Å². The van der Waals surface area contributed by atoms with Crippen molar-refractivity contribution in [3.8, 4) is 0 Å². The van der Waals surface area contributed by atoms with Crippen molar-refractivity contribution >= 4 is 37.4 Å². The van der Waals surface area contributed by atoms with E-state index < -0.39 is 7.82 Å². The van der Waals surface area contributed by atoms with Crippen LogP contribution < -0.4 is 0 Å². The summed E-state index contributed by atoms with van der Waals surface area (Å²) in [6.45, 7) is 0. The van der Waals surface area contributed by atoms with Gasteiger partial charge in [0.05, 0.1) is 0 Å². The van der Waals surface area contributed by atoms with Gasteiger partial charge in [-0.15, -0.1) is 0 Å². The molecule has 0 saturated heterocycles. The molecule has 0 aliphatic rings. The van der Waals surface area contributed by atoms with Gasteiger partial charge < -0.3 is 14.7 Å². The number of hydrogen-bond donors (Lipinski definition) is 3. The van der Waals surface area contributed by atoms with Gasteiger partial charge in [0, 0.05) is 0 Å². The Morgan fingerprint density at radius 2 is 1.25 bits per heavy atom. The zero-order valence-electron chi connectivity index (χ0n) is 3.00. The van der Waals surface area contributed by atoms with Crippen LogP contribution in [0, 0.1) is 0 Å². The summed E-state index contributed by atoms with van der Waals surface area (Å²) < 4.78 is 8.88. The molecule has 4 nitrogen and oxygen atoms in total. The first-order valence-electron chi connectivity index (χ1n) is 0.941. The van der Waals surface area contributed by atoms with Gasteiger partial charge in [-0.25, -0.2) is 4.57 Å². The minimum atomic E-state index is -4.64. The molecule has 0 aliphatic carbocycles. The van der Waals surface area contributed by atoms with E-state index in [1.165, 1.54) is 0 Å². The molecule has 0 rings (SSSR count). The Balaban J connectivity index is -0.0000000750. The summed E-state index contributed by atoms with van der Waals surface area (Å²) in [5, 5.41) is 0. The third-order valence-electron chi connectivity index (χ3n) is 0. The second-order valence-electron chi connectivity index (χ2n) is 0.513. The van der Waals surface area contributed by atoms with E-state index >= 15 is 0 Å². The second kappa shape index (κ2) is 9.21. The van der Waals surface area contributed by atoms with Crippen LogP contribution >= 0.6 is 7.82 Å². The van der Waals surface area contributed by atoms with E-state index in [-0.39, 0.29) is 29.6 Å². The molecule has 3 N–H and O–H groups in total. The first kappa shape index (κ1) is 16.7. The van der Waals surface area contributed by atoms with Gasteiger partial charge in [-0.2, -0.15) is 0 Å². The normalized spacial score (nSPS) is 8.00. The quantitative estimate of drug-likeness (QED) is 0.346. The fraction of sp³-hybridized carbons (Fsp3) is 0. The summed E-state index contributed by atoms with van der Waals surface area (Å²) in [5.74, 6) is 0. The van der Waals surface area contributed by atoms with Crippen molar-refractivity contribution in [1.29, 1.82) is 0 Å². The van der Waals surface area contributed by atoms with Gasteiger partial charge in [0.25, 0.3) is 0 Å². The van der Waals surface area contributed by atoms with Crippen LogP contribution in [0.3, 0.4) is 0 Å². The number of phosphoric acid groups is 1. The SMILES string of the molecule is O=P(O)(O)O.[NaH].[V][Fe]. The molecular formula is H4FeNaO4PV. The first-order valence-corrected chi connectivity index (χ1v) is 5.04. The zero-order valence-corrected chi connectivity index (χ0v) is 6.39. The Bertz CT molecular complexity index is 62.2. The van der Waals surface area contributed by atoms with Crippen molar-refractivity contribution in [3.63, 3.8) is 0 Å². The molecule has 0 aromatic carbocycles. The van der Waals surface area contributed by atoms with Crippen LogP contribution in [-0.2, 0) is 34.0 Å². The van der Waals surface area contributed by atoms with E-state index in [1.807, 2.05) is 0 Å². The van der Waals surface area contributed by atoms with Crippen molar-refractivity contribution in [2.45, 2.75) is 0 Å². The van der Waals surface area contributed by atoms with Crippen LogP contribution in [0.15, 0.2) is 0 Å². The van der Waals surface area contributed by atoms with Crippen LogP contribution in [0.1, 0.15) is 0 Å². The van der Waals surface area contributed by atoms with E-state index in [4.69, 9.17) is 19.2 Å². The molecule has 0 fully saturated rings. The van der Waals surface area contributed by atoms with Gasteiger partial charge in [0.2, 0.25) is 0 Å².